The first kappa shape index (κ1) is 7.05. The fraction of sp³-hybridized carbons (Fsp3) is 0.667. The molecule has 0 atom stereocenters. The van der Waals surface area contributed by atoms with Crippen LogP contribution in [0.1, 0.15) is 6.42 Å². The summed E-state index contributed by atoms with van der Waals surface area (Å²) < 4.78 is 0. The number of hydrogen-bond donors (Lipinski definition) is 1. The maximum Gasteiger partial charge on any atom is 0.322 e. The van der Waals surface area contributed by atoms with E-state index in [9.17, 15) is 4.79 Å². The Morgan fingerprint density at radius 3 is 2.90 bits per heavy atom. The van der Waals surface area contributed by atoms with E-state index in [0.29, 0.717) is 0 Å². The topological polar surface area (TPSA) is 44.7 Å². The smallest absolute Gasteiger partial charge is 0.322 e. The second-order valence-electron chi connectivity index (χ2n) is 2.27. The first-order valence-electron chi connectivity index (χ1n) is 3.22. The molecule has 1 aliphatic rings. The number of nitrogens with one attached hydrogen (secondary N) is 1. The van der Waals surface area contributed by atoms with Crippen molar-refractivity contribution < 1.29 is 4.79 Å². The van der Waals surface area contributed by atoms with Crippen molar-refractivity contribution in [1.82, 2.24) is 10.2 Å². The number of nitrogens with zero attached hydrogens (tertiary/aromatic N) is 2. The highest BCUT2D eigenvalue weighted by Gasteiger charge is 2.16. The lowest BCUT2D eigenvalue weighted by Crippen LogP contribution is -2.47. The van der Waals surface area contributed by atoms with Gasteiger partial charge in [-0.2, -0.15) is 0 Å². The lowest BCUT2D eigenvalue weighted by Gasteiger charge is -2.23. The van der Waals surface area contributed by atoms with Crippen LogP contribution in [0.4, 0.5) is 4.79 Å². The lowest BCUT2D eigenvalue weighted by molar-refractivity contribution is 0.211. The average Bonchev–Trinajstić information content (AvgIpc) is 1.95. The molecule has 2 amide bonds. The Bertz CT molecular complexity index is 176. The Kier molecular flexibility index (Phi) is 1.89. The summed E-state index contributed by atoms with van der Waals surface area (Å²) in [5.41, 5.74) is 0. The fourth-order valence-corrected chi connectivity index (χ4v) is 0.824. The SMILES string of the molecule is CN=C1CCN(C)C(=O)N1. The van der Waals surface area contributed by atoms with Gasteiger partial charge in [0.15, 0.2) is 0 Å². The number of urea groups is 1. The summed E-state index contributed by atoms with van der Waals surface area (Å²) in [5, 5.41) is 2.65. The first-order chi connectivity index (χ1) is 4.74. The van der Waals surface area contributed by atoms with Crippen LogP contribution in [0.15, 0.2) is 4.99 Å². The molecule has 10 heavy (non-hydrogen) atoms. The van der Waals surface area contributed by atoms with Crippen LogP contribution in [0.2, 0.25) is 0 Å². The van der Waals surface area contributed by atoms with Gasteiger partial charge in [0, 0.05) is 27.1 Å². The van der Waals surface area contributed by atoms with Crippen LogP contribution >= 0.6 is 0 Å². The zero-order valence-electron chi connectivity index (χ0n) is 6.22. The number of carbonyl (C=O) groups is 1. The molecule has 0 aromatic heterocycles. The molecule has 1 rings (SSSR count). The van der Waals surface area contributed by atoms with E-state index in [1.165, 1.54) is 0 Å². The normalized spacial score (nSPS) is 23.2. The molecule has 1 N–H and O–H groups in total. The van der Waals surface area contributed by atoms with Gasteiger partial charge >= 0.3 is 6.03 Å². The van der Waals surface area contributed by atoms with Crippen molar-refractivity contribution in [2.45, 2.75) is 6.42 Å². The second kappa shape index (κ2) is 2.68. The van der Waals surface area contributed by atoms with E-state index in [0.717, 1.165) is 18.8 Å². The number of rotatable bonds is 0. The second-order valence-corrected chi connectivity index (χ2v) is 2.27. The quantitative estimate of drug-likeness (QED) is 0.509. The summed E-state index contributed by atoms with van der Waals surface area (Å²) >= 11 is 0. The molecule has 1 aliphatic heterocycles. The van der Waals surface area contributed by atoms with Gasteiger partial charge in [-0.15, -0.1) is 0 Å². The minimum absolute atomic E-state index is 0.0631. The summed E-state index contributed by atoms with van der Waals surface area (Å²) in [6.07, 6.45) is 0.832. The minimum atomic E-state index is -0.0631. The molecule has 0 aromatic rings. The maximum atomic E-state index is 10.9. The monoisotopic (exact) mass is 141 g/mol. The molecule has 0 spiro atoms. The number of amidine groups is 1. The molecule has 1 heterocycles. The molecule has 4 nitrogen and oxygen atoms in total. The van der Waals surface area contributed by atoms with Gasteiger partial charge in [-0.25, -0.2) is 4.79 Å². The Morgan fingerprint density at radius 2 is 2.40 bits per heavy atom. The summed E-state index contributed by atoms with van der Waals surface area (Å²) in [4.78, 5) is 16.4. The van der Waals surface area contributed by atoms with Crippen LogP contribution in [0.25, 0.3) is 0 Å². The zero-order chi connectivity index (χ0) is 7.56. The van der Waals surface area contributed by atoms with Crippen molar-refractivity contribution in [3.63, 3.8) is 0 Å². The van der Waals surface area contributed by atoms with Crippen LogP contribution < -0.4 is 5.32 Å². The molecule has 0 saturated carbocycles. The van der Waals surface area contributed by atoms with E-state index < -0.39 is 0 Å². The largest absolute Gasteiger partial charge is 0.327 e. The minimum Gasteiger partial charge on any atom is -0.327 e. The molecular weight excluding hydrogens is 130 g/mol. The number of carbonyl (C=O) groups excluding carboxylic acids is 1. The fourth-order valence-electron chi connectivity index (χ4n) is 0.824. The van der Waals surface area contributed by atoms with Gasteiger partial charge in [0.05, 0.1) is 0 Å². The van der Waals surface area contributed by atoms with Crippen LogP contribution in [0.5, 0.6) is 0 Å². The third-order valence-electron chi connectivity index (χ3n) is 1.55. The van der Waals surface area contributed by atoms with Gasteiger partial charge in [-0.05, 0) is 0 Å². The summed E-state index contributed by atoms with van der Waals surface area (Å²) in [5.74, 6) is 0.781. The summed E-state index contributed by atoms with van der Waals surface area (Å²) in [6.45, 7) is 0.762. The van der Waals surface area contributed by atoms with Gasteiger partial charge < -0.3 is 4.90 Å². The van der Waals surface area contributed by atoms with Crippen molar-refractivity contribution in [2.24, 2.45) is 4.99 Å². The van der Waals surface area contributed by atoms with Crippen molar-refractivity contribution in [3.05, 3.63) is 0 Å². The lowest BCUT2D eigenvalue weighted by atomic mass is 10.3. The van der Waals surface area contributed by atoms with Crippen molar-refractivity contribution >= 4 is 11.9 Å². The molecule has 0 aromatic carbocycles. The maximum absolute atomic E-state index is 10.9. The van der Waals surface area contributed by atoms with E-state index in [-0.39, 0.29) is 6.03 Å². The van der Waals surface area contributed by atoms with Gasteiger partial charge in [-0.1, -0.05) is 0 Å². The molecular formula is C6H11N3O. The summed E-state index contributed by atoms with van der Waals surface area (Å²) in [6, 6.07) is -0.0631. The van der Waals surface area contributed by atoms with E-state index >= 15 is 0 Å². The van der Waals surface area contributed by atoms with Gasteiger partial charge in [0.2, 0.25) is 0 Å². The van der Waals surface area contributed by atoms with Crippen LogP contribution in [-0.4, -0.2) is 37.4 Å². The molecule has 4 heteroatoms. The Labute approximate surface area is 59.9 Å². The third-order valence-corrected chi connectivity index (χ3v) is 1.55. The predicted molar refractivity (Wildman–Crippen MR) is 39.1 cm³/mol. The Balaban J connectivity index is 2.57. The standard InChI is InChI=1S/C6H11N3O/c1-7-5-3-4-9(2)6(10)8-5/h3-4H2,1-2H3,(H,7,8,10). The number of amides is 2. The number of hydrogen-bond acceptors (Lipinski definition) is 2. The van der Waals surface area contributed by atoms with Gasteiger partial charge in [0.1, 0.15) is 5.84 Å². The van der Waals surface area contributed by atoms with E-state index in [1.807, 2.05) is 0 Å². The third kappa shape index (κ3) is 1.26. The first-order valence-corrected chi connectivity index (χ1v) is 3.22. The molecule has 1 fully saturated rings. The molecule has 0 bridgehead atoms. The average molecular weight is 141 g/mol. The van der Waals surface area contributed by atoms with Crippen LogP contribution in [0, 0.1) is 0 Å². The zero-order valence-corrected chi connectivity index (χ0v) is 6.22. The highest BCUT2D eigenvalue weighted by atomic mass is 16.2. The van der Waals surface area contributed by atoms with Gasteiger partial charge in [-0.3, -0.25) is 10.3 Å². The molecule has 0 radical (unpaired) electrons. The van der Waals surface area contributed by atoms with E-state index in [2.05, 4.69) is 10.3 Å². The van der Waals surface area contributed by atoms with Crippen LogP contribution in [-0.2, 0) is 0 Å². The van der Waals surface area contributed by atoms with E-state index in [1.54, 1.807) is 19.0 Å². The highest BCUT2D eigenvalue weighted by Crippen LogP contribution is 1.96. The Hall–Kier alpha value is -1.06. The van der Waals surface area contributed by atoms with Crippen molar-refractivity contribution in [2.75, 3.05) is 20.6 Å². The number of aliphatic imine (C=N–C) groups is 1. The predicted octanol–water partition coefficient (Wildman–Crippen LogP) is 0.0598. The molecule has 0 unspecified atom stereocenters. The Morgan fingerprint density at radius 1 is 1.70 bits per heavy atom. The highest BCUT2D eigenvalue weighted by molar-refractivity contribution is 5.99. The molecule has 0 aliphatic carbocycles. The van der Waals surface area contributed by atoms with Crippen molar-refractivity contribution in [1.29, 1.82) is 0 Å². The molecule has 56 valence electrons. The van der Waals surface area contributed by atoms with Gasteiger partial charge in [0.25, 0.3) is 0 Å². The summed E-state index contributed by atoms with van der Waals surface area (Å²) in [7, 11) is 3.45. The molecule has 1 saturated heterocycles. The van der Waals surface area contributed by atoms with Crippen LogP contribution in [0.3, 0.4) is 0 Å². The van der Waals surface area contributed by atoms with Crippen molar-refractivity contribution in [3.8, 4) is 0 Å². The van der Waals surface area contributed by atoms with E-state index in [4.69, 9.17) is 0 Å².